The maximum absolute atomic E-state index is 12.7. The second-order valence-corrected chi connectivity index (χ2v) is 8.11. The molecule has 7 heteroatoms. The van der Waals surface area contributed by atoms with E-state index in [1.807, 2.05) is 55.6 Å². The number of hydrogen-bond acceptors (Lipinski definition) is 5. The van der Waals surface area contributed by atoms with Crippen LogP contribution in [0.1, 0.15) is 26.6 Å². The minimum absolute atomic E-state index is 0.125. The van der Waals surface area contributed by atoms with Crippen molar-refractivity contribution < 1.29 is 4.79 Å². The number of carbonyl (C=O) groups is 1. The molecule has 5 nitrogen and oxygen atoms in total. The highest BCUT2D eigenvalue weighted by molar-refractivity contribution is 7.21. The van der Waals surface area contributed by atoms with Gasteiger partial charge in [-0.2, -0.15) is 5.10 Å². The molecule has 4 rings (SSSR count). The summed E-state index contributed by atoms with van der Waals surface area (Å²) in [5.74, 6) is -0.125. The Morgan fingerprint density at radius 3 is 2.70 bits per heavy atom. The number of thiophene rings is 1. The van der Waals surface area contributed by atoms with Gasteiger partial charge in [0.15, 0.2) is 0 Å². The molecule has 1 amide bonds. The summed E-state index contributed by atoms with van der Waals surface area (Å²) in [6.45, 7) is 4.35. The van der Waals surface area contributed by atoms with Crippen molar-refractivity contribution in [3.8, 4) is 15.6 Å². The molecule has 3 aromatic heterocycles. The maximum atomic E-state index is 12.7. The van der Waals surface area contributed by atoms with E-state index in [0.29, 0.717) is 12.1 Å². The number of benzene rings is 1. The van der Waals surface area contributed by atoms with E-state index in [4.69, 9.17) is 0 Å². The van der Waals surface area contributed by atoms with Gasteiger partial charge in [-0.25, -0.2) is 9.67 Å². The fourth-order valence-corrected chi connectivity index (χ4v) is 4.61. The van der Waals surface area contributed by atoms with Crippen molar-refractivity contribution in [2.45, 2.75) is 20.4 Å². The molecule has 3 heterocycles. The van der Waals surface area contributed by atoms with Crippen LogP contribution < -0.4 is 5.32 Å². The van der Waals surface area contributed by atoms with Gasteiger partial charge in [0.05, 0.1) is 40.3 Å². The number of nitrogens with zero attached hydrogens (tertiary/aromatic N) is 3. The largest absolute Gasteiger partial charge is 0.347 e. The number of hydrogen-bond donors (Lipinski definition) is 1. The number of thiazole rings is 1. The topological polar surface area (TPSA) is 59.8 Å². The number of aromatic nitrogens is 3. The zero-order valence-corrected chi connectivity index (χ0v) is 16.6. The van der Waals surface area contributed by atoms with Crippen molar-refractivity contribution in [1.82, 2.24) is 20.1 Å². The van der Waals surface area contributed by atoms with Crippen LogP contribution in [-0.2, 0) is 6.54 Å². The van der Waals surface area contributed by atoms with Crippen LogP contribution in [0.3, 0.4) is 0 Å². The van der Waals surface area contributed by atoms with Crippen molar-refractivity contribution in [1.29, 1.82) is 0 Å². The number of aryl methyl sites for hydroxylation is 1. The molecule has 0 saturated heterocycles. The van der Waals surface area contributed by atoms with Crippen molar-refractivity contribution >= 4 is 28.6 Å². The Bertz CT molecular complexity index is 1070. The van der Waals surface area contributed by atoms with E-state index in [2.05, 4.69) is 21.5 Å². The maximum Gasteiger partial charge on any atom is 0.255 e. The fraction of sp³-hybridized carbons (Fsp3) is 0.150. The third-order valence-electron chi connectivity index (χ3n) is 4.29. The second-order valence-electron chi connectivity index (χ2n) is 6.08. The summed E-state index contributed by atoms with van der Waals surface area (Å²) in [7, 11) is 0. The predicted molar refractivity (Wildman–Crippen MR) is 110 cm³/mol. The Morgan fingerprint density at radius 1 is 1.15 bits per heavy atom. The van der Waals surface area contributed by atoms with Gasteiger partial charge >= 0.3 is 0 Å². The molecule has 1 aromatic carbocycles. The molecule has 1 N–H and O–H groups in total. The molecule has 0 aliphatic carbocycles. The molecule has 4 aromatic rings. The van der Waals surface area contributed by atoms with Gasteiger partial charge in [0.1, 0.15) is 5.01 Å². The normalized spacial score (nSPS) is 10.9. The summed E-state index contributed by atoms with van der Waals surface area (Å²) < 4.78 is 1.78. The molecule has 0 spiro atoms. The van der Waals surface area contributed by atoms with Crippen molar-refractivity contribution in [3.63, 3.8) is 0 Å². The van der Waals surface area contributed by atoms with E-state index in [0.717, 1.165) is 31.8 Å². The molecule has 0 atom stereocenters. The molecule has 0 unspecified atom stereocenters. The Hall–Kier alpha value is -2.77. The van der Waals surface area contributed by atoms with Crippen molar-refractivity contribution in [2.24, 2.45) is 0 Å². The van der Waals surface area contributed by atoms with Crippen molar-refractivity contribution in [3.05, 3.63) is 75.9 Å². The molecule has 0 aliphatic heterocycles. The number of rotatable bonds is 5. The third-order valence-corrected chi connectivity index (χ3v) is 6.49. The summed E-state index contributed by atoms with van der Waals surface area (Å²) in [6, 6.07) is 13.9. The molecule has 0 saturated carbocycles. The average Bonchev–Trinajstić information content (AvgIpc) is 3.41. The van der Waals surface area contributed by atoms with E-state index >= 15 is 0 Å². The lowest BCUT2D eigenvalue weighted by atomic mass is 10.2. The van der Waals surface area contributed by atoms with Crippen molar-refractivity contribution in [2.75, 3.05) is 0 Å². The molecule has 27 heavy (non-hydrogen) atoms. The zero-order chi connectivity index (χ0) is 18.8. The Balaban J connectivity index is 1.49. The molecule has 0 radical (unpaired) electrons. The van der Waals surface area contributed by atoms with E-state index in [9.17, 15) is 4.79 Å². The van der Waals surface area contributed by atoms with Crippen LogP contribution in [-0.4, -0.2) is 20.7 Å². The summed E-state index contributed by atoms with van der Waals surface area (Å²) in [6.07, 6.45) is 1.62. The lowest BCUT2D eigenvalue weighted by molar-refractivity contribution is 0.0950. The molecule has 0 bridgehead atoms. The number of carbonyl (C=O) groups excluding carboxylic acids is 1. The first kappa shape index (κ1) is 17.6. The van der Waals surface area contributed by atoms with Gasteiger partial charge < -0.3 is 5.32 Å². The number of amides is 1. The van der Waals surface area contributed by atoms with Crippen LogP contribution in [0.15, 0.2) is 54.0 Å². The third kappa shape index (κ3) is 3.56. The van der Waals surface area contributed by atoms with Gasteiger partial charge in [-0.1, -0.05) is 24.3 Å². The first-order chi connectivity index (χ1) is 13.1. The lowest BCUT2D eigenvalue weighted by Gasteiger charge is -2.06. The van der Waals surface area contributed by atoms with Crippen LogP contribution in [0, 0.1) is 13.8 Å². The minimum atomic E-state index is -0.125. The highest BCUT2D eigenvalue weighted by atomic mass is 32.1. The molecule has 0 fully saturated rings. The van der Waals surface area contributed by atoms with E-state index in [-0.39, 0.29) is 5.91 Å². The zero-order valence-electron chi connectivity index (χ0n) is 15.0. The second kappa shape index (κ2) is 7.46. The lowest BCUT2D eigenvalue weighted by Crippen LogP contribution is -2.23. The summed E-state index contributed by atoms with van der Waals surface area (Å²) >= 11 is 3.30. The Morgan fingerprint density at radius 2 is 1.96 bits per heavy atom. The number of para-hydroxylation sites is 1. The molecule has 0 aliphatic rings. The van der Waals surface area contributed by atoms with Gasteiger partial charge in [-0.3, -0.25) is 4.79 Å². The fourth-order valence-electron chi connectivity index (χ4n) is 2.82. The predicted octanol–water partition coefficient (Wildman–Crippen LogP) is 4.60. The van der Waals surface area contributed by atoms with E-state index < -0.39 is 0 Å². The highest BCUT2D eigenvalue weighted by Crippen LogP contribution is 2.31. The van der Waals surface area contributed by atoms with Gasteiger partial charge in [-0.05, 0) is 37.4 Å². The van der Waals surface area contributed by atoms with Gasteiger partial charge in [0, 0.05) is 4.88 Å². The van der Waals surface area contributed by atoms with Crippen LogP contribution >= 0.6 is 22.7 Å². The van der Waals surface area contributed by atoms with Gasteiger partial charge in [-0.15, -0.1) is 22.7 Å². The van der Waals surface area contributed by atoms with Crippen LogP contribution in [0.4, 0.5) is 0 Å². The monoisotopic (exact) mass is 394 g/mol. The van der Waals surface area contributed by atoms with Crippen LogP contribution in [0.25, 0.3) is 15.6 Å². The van der Waals surface area contributed by atoms with Gasteiger partial charge in [0.2, 0.25) is 0 Å². The van der Waals surface area contributed by atoms with Crippen LogP contribution in [0.5, 0.6) is 0 Å². The molecule has 136 valence electrons. The Labute approximate surface area is 165 Å². The quantitative estimate of drug-likeness (QED) is 0.538. The number of nitrogens with one attached hydrogen (secondary N) is 1. The standard InChI is InChI=1S/C20H18N4OS2/c1-13-18(27-20(23-13)17-9-6-10-26-17)12-21-19(25)16-11-22-24(14(16)2)15-7-4-3-5-8-15/h3-11H,12H2,1-2H3,(H,21,25). The van der Waals surface area contributed by atoms with Crippen LogP contribution in [0.2, 0.25) is 0 Å². The van der Waals surface area contributed by atoms with E-state index in [1.165, 1.54) is 0 Å². The van der Waals surface area contributed by atoms with Gasteiger partial charge in [0.25, 0.3) is 5.91 Å². The average molecular weight is 395 g/mol. The minimum Gasteiger partial charge on any atom is -0.347 e. The smallest absolute Gasteiger partial charge is 0.255 e. The first-order valence-electron chi connectivity index (χ1n) is 8.52. The first-order valence-corrected chi connectivity index (χ1v) is 10.2. The highest BCUT2D eigenvalue weighted by Gasteiger charge is 2.16. The van der Waals surface area contributed by atoms with E-state index in [1.54, 1.807) is 33.6 Å². The molecular formula is C20H18N4OS2. The molecular weight excluding hydrogens is 376 g/mol. The SMILES string of the molecule is Cc1nc(-c2cccs2)sc1CNC(=O)c1cnn(-c2ccccc2)c1C. The summed E-state index contributed by atoms with van der Waals surface area (Å²) in [4.78, 5) is 19.5. The Kier molecular flexibility index (Phi) is 4.87. The summed E-state index contributed by atoms with van der Waals surface area (Å²) in [5, 5.41) is 10.4. The summed E-state index contributed by atoms with van der Waals surface area (Å²) in [5.41, 5.74) is 3.30.